The highest BCUT2D eigenvalue weighted by Gasteiger charge is 2.19. The zero-order valence-corrected chi connectivity index (χ0v) is 11.6. The average Bonchev–Trinajstić information content (AvgIpc) is 2.36. The zero-order chi connectivity index (χ0) is 14.4. The minimum absolute atomic E-state index is 0.0117. The summed E-state index contributed by atoms with van der Waals surface area (Å²) >= 11 is 0. The highest BCUT2D eigenvalue weighted by molar-refractivity contribution is 5.93. The van der Waals surface area contributed by atoms with Gasteiger partial charge in [0.15, 0.2) is 0 Å². The number of carbonyl (C=O) groups excluding carboxylic acids is 1. The minimum Gasteiger partial charge on any atom is -0.481 e. The van der Waals surface area contributed by atoms with Gasteiger partial charge < -0.3 is 10.4 Å². The van der Waals surface area contributed by atoms with Gasteiger partial charge in [0.2, 0.25) is 5.91 Å². The van der Waals surface area contributed by atoms with Crippen LogP contribution < -0.4 is 5.32 Å². The summed E-state index contributed by atoms with van der Waals surface area (Å²) in [6.07, 6.45) is 0.465. The Hall–Kier alpha value is -1.84. The molecule has 0 aliphatic rings. The molecule has 4 heteroatoms. The minimum atomic E-state index is -0.923. The average molecular weight is 263 g/mol. The topological polar surface area (TPSA) is 66.4 Å². The lowest BCUT2D eigenvalue weighted by molar-refractivity contribution is -0.143. The summed E-state index contributed by atoms with van der Waals surface area (Å²) in [5, 5.41) is 11.6. The number of nitrogens with one attached hydrogen (secondary N) is 1. The van der Waals surface area contributed by atoms with Crippen molar-refractivity contribution in [2.24, 2.45) is 5.92 Å². The van der Waals surface area contributed by atoms with Crippen LogP contribution in [0.2, 0.25) is 0 Å². The van der Waals surface area contributed by atoms with Crippen molar-refractivity contribution in [3.05, 3.63) is 29.8 Å². The number of carbonyl (C=O) groups is 2. The summed E-state index contributed by atoms with van der Waals surface area (Å²) in [4.78, 5) is 22.6. The second kappa shape index (κ2) is 6.92. The predicted molar refractivity (Wildman–Crippen MR) is 75.2 cm³/mol. The number of carboxylic acids is 1. The van der Waals surface area contributed by atoms with Crippen LogP contribution in [0.4, 0.5) is 5.69 Å². The number of aliphatic carboxylic acids is 1. The first-order valence-corrected chi connectivity index (χ1v) is 6.56. The van der Waals surface area contributed by atoms with E-state index in [1.165, 1.54) is 5.56 Å². The van der Waals surface area contributed by atoms with Crippen molar-refractivity contribution in [1.29, 1.82) is 0 Å². The lowest BCUT2D eigenvalue weighted by Crippen LogP contribution is -2.21. The van der Waals surface area contributed by atoms with Gasteiger partial charge in [0.1, 0.15) is 0 Å². The molecule has 0 saturated carbocycles. The second-order valence-electron chi connectivity index (χ2n) is 4.97. The maximum Gasteiger partial charge on any atom is 0.307 e. The van der Waals surface area contributed by atoms with E-state index in [2.05, 4.69) is 19.2 Å². The molecule has 104 valence electrons. The number of amides is 1. The number of hydrogen-bond donors (Lipinski definition) is 2. The Morgan fingerprint density at radius 2 is 1.79 bits per heavy atom. The fourth-order valence-electron chi connectivity index (χ4n) is 1.79. The van der Waals surface area contributed by atoms with Crippen molar-refractivity contribution >= 4 is 17.6 Å². The van der Waals surface area contributed by atoms with Crippen LogP contribution in [0.5, 0.6) is 0 Å². The quantitative estimate of drug-likeness (QED) is 0.828. The Balaban J connectivity index is 2.59. The Morgan fingerprint density at radius 3 is 2.21 bits per heavy atom. The monoisotopic (exact) mass is 263 g/mol. The number of carboxylic acid groups (broad SMARTS) is 1. The summed E-state index contributed by atoms with van der Waals surface area (Å²) in [6, 6.07) is 7.62. The van der Waals surface area contributed by atoms with Crippen LogP contribution in [0, 0.1) is 5.92 Å². The number of benzene rings is 1. The van der Waals surface area contributed by atoms with Gasteiger partial charge in [0.25, 0.3) is 0 Å². The summed E-state index contributed by atoms with van der Waals surface area (Å²) in [7, 11) is 0. The third-order valence-corrected chi connectivity index (χ3v) is 3.13. The Morgan fingerprint density at radius 1 is 1.21 bits per heavy atom. The van der Waals surface area contributed by atoms with Crippen LogP contribution in [-0.4, -0.2) is 17.0 Å². The van der Waals surface area contributed by atoms with E-state index in [9.17, 15) is 9.59 Å². The third kappa shape index (κ3) is 4.73. The molecule has 0 aliphatic carbocycles. The van der Waals surface area contributed by atoms with Gasteiger partial charge in [-0.3, -0.25) is 9.59 Å². The SMILES string of the molecule is CCC(CC(=O)Nc1ccc(C(C)C)cc1)C(=O)O. The Kier molecular flexibility index (Phi) is 5.55. The van der Waals surface area contributed by atoms with Crippen molar-refractivity contribution in [3.8, 4) is 0 Å². The smallest absolute Gasteiger partial charge is 0.307 e. The van der Waals surface area contributed by atoms with E-state index in [-0.39, 0.29) is 12.3 Å². The molecule has 1 atom stereocenters. The van der Waals surface area contributed by atoms with E-state index in [4.69, 9.17) is 5.11 Å². The fraction of sp³-hybridized carbons (Fsp3) is 0.467. The Labute approximate surface area is 113 Å². The van der Waals surface area contributed by atoms with Crippen LogP contribution in [-0.2, 0) is 9.59 Å². The number of anilines is 1. The number of hydrogen-bond acceptors (Lipinski definition) is 2. The van der Waals surface area contributed by atoms with Crippen LogP contribution in [0.15, 0.2) is 24.3 Å². The van der Waals surface area contributed by atoms with E-state index >= 15 is 0 Å². The molecule has 4 nitrogen and oxygen atoms in total. The maximum atomic E-state index is 11.7. The molecule has 2 N–H and O–H groups in total. The van der Waals surface area contributed by atoms with Crippen LogP contribution in [0.1, 0.15) is 45.1 Å². The largest absolute Gasteiger partial charge is 0.481 e. The second-order valence-corrected chi connectivity index (χ2v) is 4.97. The molecule has 0 spiro atoms. The highest BCUT2D eigenvalue weighted by Crippen LogP contribution is 2.18. The first kappa shape index (κ1) is 15.2. The zero-order valence-electron chi connectivity index (χ0n) is 11.6. The molecule has 0 bridgehead atoms. The van der Waals surface area contributed by atoms with Gasteiger partial charge >= 0.3 is 5.97 Å². The molecule has 0 heterocycles. The predicted octanol–water partition coefficient (Wildman–Crippen LogP) is 3.25. The van der Waals surface area contributed by atoms with Crippen LogP contribution in [0.25, 0.3) is 0 Å². The molecule has 1 aromatic rings. The molecule has 0 radical (unpaired) electrons. The molecule has 1 aromatic carbocycles. The van der Waals surface area contributed by atoms with E-state index < -0.39 is 11.9 Å². The molecule has 0 fully saturated rings. The molecule has 0 aromatic heterocycles. The lowest BCUT2D eigenvalue weighted by Gasteiger charge is -2.11. The van der Waals surface area contributed by atoms with E-state index in [0.717, 1.165) is 0 Å². The first-order chi connectivity index (χ1) is 8.93. The molecule has 1 amide bonds. The molecule has 0 saturated heterocycles. The Bertz CT molecular complexity index is 437. The number of rotatable bonds is 6. The molecule has 19 heavy (non-hydrogen) atoms. The summed E-state index contributed by atoms with van der Waals surface area (Å²) in [5.74, 6) is -1.35. The summed E-state index contributed by atoms with van der Waals surface area (Å²) in [6.45, 7) is 5.97. The van der Waals surface area contributed by atoms with Gasteiger partial charge in [-0.2, -0.15) is 0 Å². The molecular formula is C15H21NO3. The maximum absolute atomic E-state index is 11.7. The van der Waals surface area contributed by atoms with Crippen LogP contribution in [0.3, 0.4) is 0 Å². The van der Waals surface area contributed by atoms with Crippen molar-refractivity contribution < 1.29 is 14.7 Å². The third-order valence-electron chi connectivity index (χ3n) is 3.13. The van der Waals surface area contributed by atoms with Crippen molar-refractivity contribution in [1.82, 2.24) is 0 Å². The lowest BCUT2D eigenvalue weighted by atomic mass is 10.0. The van der Waals surface area contributed by atoms with Crippen molar-refractivity contribution in [2.45, 2.75) is 39.5 Å². The van der Waals surface area contributed by atoms with Gasteiger partial charge in [0, 0.05) is 12.1 Å². The first-order valence-electron chi connectivity index (χ1n) is 6.56. The normalized spacial score (nSPS) is 12.2. The van der Waals surface area contributed by atoms with E-state index in [1.54, 1.807) is 6.92 Å². The summed E-state index contributed by atoms with van der Waals surface area (Å²) in [5.41, 5.74) is 1.91. The van der Waals surface area contributed by atoms with E-state index in [0.29, 0.717) is 18.0 Å². The van der Waals surface area contributed by atoms with Gasteiger partial charge in [0.05, 0.1) is 5.92 Å². The molecule has 0 aliphatic heterocycles. The van der Waals surface area contributed by atoms with Crippen molar-refractivity contribution in [2.75, 3.05) is 5.32 Å². The van der Waals surface area contributed by atoms with E-state index in [1.807, 2.05) is 24.3 Å². The molecule has 1 rings (SSSR count). The van der Waals surface area contributed by atoms with Crippen molar-refractivity contribution in [3.63, 3.8) is 0 Å². The van der Waals surface area contributed by atoms with Gasteiger partial charge in [-0.05, 0) is 30.0 Å². The van der Waals surface area contributed by atoms with Gasteiger partial charge in [-0.25, -0.2) is 0 Å². The van der Waals surface area contributed by atoms with Gasteiger partial charge in [-0.15, -0.1) is 0 Å². The molecular weight excluding hydrogens is 242 g/mol. The van der Waals surface area contributed by atoms with Crippen LogP contribution >= 0.6 is 0 Å². The standard InChI is InChI=1S/C15H21NO3/c1-4-11(15(18)19)9-14(17)16-13-7-5-12(6-8-13)10(2)3/h5-8,10-11H,4,9H2,1-3H3,(H,16,17)(H,18,19). The summed E-state index contributed by atoms with van der Waals surface area (Å²) < 4.78 is 0. The molecule has 1 unspecified atom stereocenters. The van der Waals surface area contributed by atoms with Gasteiger partial charge in [-0.1, -0.05) is 32.9 Å². The fourth-order valence-corrected chi connectivity index (χ4v) is 1.79. The highest BCUT2D eigenvalue weighted by atomic mass is 16.4.